The number of nitrogen functional groups attached to an aromatic ring is 1. The van der Waals surface area contributed by atoms with Gasteiger partial charge in [-0.05, 0) is 12.1 Å². The molecule has 0 fully saturated rings. The Morgan fingerprint density at radius 1 is 1.29 bits per heavy atom. The van der Waals surface area contributed by atoms with Gasteiger partial charge in [0.2, 0.25) is 4.21 Å². The van der Waals surface area contributed by atoms with Crippen molar-refractivity contribution in [3.8, 4) is 22.5 Å². The molecule has 0 radical (unpaired) electrons. The van der Waals surface area contributed by atoms with Gasteiger partial charge in [0.25, 0.3) is 0 Å². The fraction of sp³-hybridized carbons (Fsp3) is 0.222. The van der Waals surface area contributed by atoms with Crippen molar-refractivity contribution in [3.05, 3.63) is 37.1 Å². The van der Waals surface area contributed by atoms with Crippen LogP contribution >= 0.6 is 11.3 Å². The molecule has 0 saturated carbocycles. The minimum absolute atomic E-state index is 0.381. The fourth-order valence-corrected chi connectivity index (χ4v) is 5.42. The van der Waals surface area contributed by atoms with Crippen molar-refractivity contribution in [3.63, 3.8) is 0 Å². The van der Waals surface area contributed by atoms with Crippen LogP contribution in [0.25, 0.3) is 32.7 Å². The Hall–Kier alpha value is -2.53. The van der Waals surface area contributed by atoms with Gasteiger partial charge in [-0.2, -0.15) is 5.10 Å². The van der Waals surface area contributed by atoms with Crippen molar-refractivity contribution in [2.75, 3.05) is 25.2 Å². The van der Waals surface area contributed by atoms with Crippen LogP contribution in [0.15, 0.2) is 41.3 Å². The minimum Gasteiger partial charge on any atom is -0.611 e. The first-order valence-corrected chi connectivity index (χ1v) is 10.6. The molecule has 4 aromatic rings. The van der Waals surface area contributed by atoms with E-state index in [0.29, 0.717) is 32.8 Å². The molecule has 144 valence electrons. The SMILES string of the molecule is COCC[S+]([O-])c1sc2nc(-c3cncnc3)cc(-c3ccn(C)n3)c2c1N. The van der Waals surface area contributed by atoms with Crippen molar-refractivity contribution < 1.29 is 9.29 Å². The van der Waals surface area contributed by atoms with Gasteiger partial charge >= 0.3 is 0 Å². The fourth-order valence-electron chi connectivity index (χ4n) is 2.86. The molecule has 1 atom stereocenters. The van der Waals surface area contributed by atoms with Gasteiger partial charge in [0.1, 0.15) is 22.6 Å². The largest absolute Gasteiger partial charge is 0.611 e. The van der Waals surface area contributed by atoms with E-state index in [4.69, 9.17) is 15.5 Å². The maximum Gasteiger partial charge on any atom is 0.232 e. The molecule has 0 aliphatic heterocycles. The molecule has 8 nitrogen and oxygen atoms in total. The number of pyridine rings is 1. The van der Waals surface area contributed by atoms with E-state index >= 15 is 0 Å². The highest BCUT2D eigenvalue weighted by Gasteiger charge is 2.25. The second-order valence-corrected chi connectivity index (χ2v) is 8.85. The molecular weight excluding hydrogens is 396 g/mol. The van der Waals surface area contributed by atoms with Crippen molar-refractivity contribution in [1.29, 1.82) is 0 Å². The van der Waals surface area contributed by atoms with E-state index in [1.807, 2.05) is 25.4 Å². The summed E-state index contributed by atoms with van der Waals surface area (Å²) in [7, 11) is 3.44. The Morgan fingerprint density at radius 3 is 2.75 bits per heavy atom. The summed E-state index contributed by atoms with van der Waals surface area (Å²) in [6.45, 7) is 0.396. The highest BCUT2D eigenvalue weighted by Crippen LogP contribution is 2.42. The third kappa shape index (κ3) is 3.47. The van der Waals surface area contributed by atoms with Gasteiger partial charge in [-0.25, -0.2) is 15.0 Å². The molecule has 2 N–H and O–H groups in total. The number of fused-ring (bicyclic) bond motifs is 1. The van der Waals surface area contributed by atoms with Gasteiger partial charge in [0.15, 0.2) is 0 Å². The Bertz CT molecular complexity index is 1110. The van der Waals surface area contributed by atoms with E-state index in [9.17, 15) is 4.55 Å². The first-order valence-electron chi connectivity index (χ1n) is 8.44. The van der Waals surface area contributed by atoms with Crippen molar-refractivity contribution in [2.24, 2.45) is 7.05 Å². The molecule has 4 rings (SSSR count). The Labute approximate surface area is 168 Å². The number of hydrogen-bond acceptors (Lipinski definition) is 8. The summed E-state index contributed by atoms with van der Waals surface area (Å²) in [6.07, 6.45) is 6.75. The van der Waals surface area contributed by atoms with Crippen molar-refractivity contribution >= 4 is 38.4 Å². The number of aryl methyl sites for hydroxylation is 1. The summed E-state index contributed by atoms with van der Waals surface area (Å²) in [5, 5.41) is 5.29. The number of nitrogens with zero attached hydrogens (tertiary/aromatic N) is 5. The van der Waals surface area contributed by atoms with Crippen molar-refractivity contribution in [1.82, 2.24) is 24.7 Å². The van der Waals surface area contributed by atoms with Gasteiger partial charge in [-0.1, -0.05) is 11.3 Å². The number of aromatic nitrogens is 5. The quantitative estimate of drug-likeness (QED) is 0.482. The Kier molecular flexibility index (Phi) is 5.27. The zero-order valence-electron chi connectivity index (χ0n) is 15.3. The van der Waals surface area contributed by atoms with Gasteiger partial charge in [-0.15, -0.1) is 0 Å². The third-order valence-electron chi connectivity index (χ3n) is 4.19. The molecule has 10 heteroatoms. The number of methoxy groups -OCH3 is 1. The highest BCUT2D eigenvalue weighted by atomic mass is 32.2. The van der Waals surface area contributed by atoms with E-state index in [2.05, 4.69) is 15.1 Å². The van der Waals surface area contributed by atoms with Gasteiger partial charge < -0.3 is 15.0 Å². The van der Waals surface area contributed by atoms with Crippen LogP contribution in [0.5, 0.6) is 0 Å². The average Bonchev–Trinajstić information content (AvgIpc) is 3.29. The monoisotopic (exact) mass is 414 g/mol. The normalized spacial score (nSPS) is 12.5. The molecule has 0 saturated heterocycles. The lowest BCUT2D eigenvalue weighted by Gasteiger charge is -2.08. The van der Waals surface area contributed by atoms with Crippen LogP contribution in [0, 0.1) is 0 Å². The topological polar surface area (TPSA) is 115 Å². The molecule has 0 bridgehead atoms. The second kappa shape index (κ2) is 7.84. The first kappa shape index (κ1) is 18.8. The highest BCUT2D eigenvalue weighted by molar-refractivity contribution is 7.93. The van der Waals surface area contributed by atoms with Gasteiger partial charge in [0, 0.05) is 60.4 Å². The molecule has 4 aromatic heterocycles. The van der Waals surface area contributed by atoms with Gasteiger partial charge in [0.05, 0.1) is 18.0 Å². The van der Waals surface area contributed by atoms with E-state index in [0.717, 1.165) is 22.2 Å². The molecule has 28 heavy (non-hydrogen) atoms. The smallest absolute Gasteiger partial charge is 0.232 e. The maximum atomic E-state index is 12.7. The molecule has 0 amide bonds. The molecule has 4 heterocycles. The Morgan fingerprint density at radius 2 is 2.07 bits per heavy atom. The lowest BCUT2D eigenvalue weighted by Crippen LogP contribution is -2.11. The lowest BCUT2D eigenvalue weighted by atomic mass is 10.1. The van der Waals surface area contributed by atoms with Crippen LogP contribution in [0.3, 0.4) is 0 Å². The summed E-state index contributed by atoms with van der Waals surface area (Å²) >= 11 is 0.0798. The van der Waals surface area contributed by atoms with Crippen molar-refractivity contribution in [2.45, 2.75) is 4.21 Å². The zero-order chi connectivity index (χ0) is 19.7. The predicted octanol–water partition coefficient (Wildman–Crippen LogP) is 2.49. The molecule has 0 aromatic carbocycles. The number of nitrogens with two attached hydrogens (primary N) is 1. The number of anilines is 1. The minimum atomic E-state index is -1.26. The van der Waals surface area contributed by atoms with Crippen LogP contribution in [0.2, 0.25) is 0 Å². The maximum absolute atomic E-state index is 12.7. The van der Waals surface area contributed by atoms with Crippen LogP contribution in [-0.4, -0.2) is 48.8 Å². The van der Waals surface area contributed by atoms with E-state index < -0.39 is 11.2 Å². The average molecular weight is 415 g/mol. The first-order chi connectivity index (χ1) is 13.6. The predicted molar refractivity (Wildman–Crippen MR) is 110 cm³/mol. The van der Waals surface area contributed by atoms with Crippen LogP contribution < -0.4 is 5.73 Å². The van der Waals surface area contributed by atoms with Crippen LogP contribution in [0.1, 0.15) is 0 Å². The Balaban J connectivity index is 1.93. The van der Waals surface area contributed by atoms with E-state index in [-0.39, 0.29) is 0 Å². The second-order valence-electron chi connectivity index (χ2n) is 6.08. The standard InChI is InChI=1S/C18H18N6O2S2/c1-24-4-3-13(23-24)12-7-14(11-8-20-10-21-9-11)22-17-15(12)16(19)18(27-17)28(25)6-5-26-2/h3-4,7-10H,5-6,19H2,1-2H3. The molecule has 0 aliphatic rings. The van der Waals surface area contributed by atoms with Crippen LogP contribution in [-0.2, 0) is 23.0 Å². The summed E-state index contributed by atoms with van der Waals surface area (Å²) < 4.78 is 20.1. The number of hydrogen-bond donors (Lipinski definition) is 1. The van der Waals surface area contributed by atoms with Crippen LogP contribution in [0.4, 0.5) is 5.69 Å². The van der Waals surface area contributed by atoms with Gasteiger partial charge in [-0.3, -0.25) is 4.68 Å². The molecule has 1 unspecified atom stereocenters. The zero-order valence-corrected chi connectivity index (χ0v) is 17.0. The number of rotatable bonds is 6. The summed E-state index contributed by atoms with van der Waals surface area (Å²) in [4.78, 5) is 13.6. The molecular formula is C18H18N6O2S2. The van der Waals surface area contributed by atoms with E-state index in [1.54, 1.807) is 24.2 Å². The lowest BCUT2D eigenvalue weighted by molar-refractivity contribution is 0.217. The van der Waals surface area contributed by atoms with E-state index in [1.165, 1.54) is 17.7 Å². The third-order valence-corrected chi connectivity index (χ3v) is 7.06. The molecule has 0 aliphatic carbocycles. The summed E-state index contributed by atoms with van der Waals surface area (Å²) in [6, 6.07) is 3.84. The summed E-state index contributed by atoms with van der Waals surface area (Å²) in [5.41, 5.74) is 10.0. The summed E-state index contributed by atoms with van der Waals surface area (Å²) in [5.74, 6) is 0.381. The molecule has 0 spiro atoms. The number of ether oxygens (including phenoxy) is 1. The number of thiophene rings is 1.